The van der Waals surface area contributed by atoms with Gasteiger partial charge in [0, 0.05) is 17.2 Å². The Hall–Kier alpha value is -1.74. The number of aryl methyl sites for hydroxylation is 1. The molecule has 17 heavy (non-hydrogen) atoms. The van der Waals surface area contributed by atoms with Crippen LogP contribution in [0.15, 0.2) is 59.0 Å². The molecule has 2 rings (SSSR count). The largest absolute Gasteiger partial charge is 0.205 e. The summed E-state index contributed by atoms with van der Waals surface area (Å²) in [6, 6.07) is 11.1. The number of hydrogen-bond donors (Lipinski definition) is 0. The monoisotopic (exact) mass is 246 g/mol. The van der Waals surface area contributed by atoms with Crippen LogP contribution in [0.5, 0.6) is 0 Å². The molecular formula is C13H13ClN3+. The fourth-order valence-corrected chi connectivity index (χ4v) is 1.48. The van der Waals surface area contributed by atoms with E-state index in [9.17, 15) is 0 Å². The molecule has 0 saturated carbocycles. The fraction of sp³-hybridized carbons (Fsp3) is 0.154. The number of halogens is 1. The molecule has 0 aliphatic carbocycles. The number of aromatic nitrogens is 1. The zero-order valence-corrected chi connectivity index (χ0v) is 10.3. The van der Waals surface area contributed by atoms with E-state index in [1.807, 2.05) is 36.7 Å². The van der Waals surface area contributed by atoms with Crippen LogP contribution in [0.25, 0.3) is 0 Å². The Morgan fingerprint density at radius 2 is 1.47 bits per heavy atom. The van der Waals surface area contributed by atoms with Crippen LogP contribution >= 0.6 is 11.6 Å². The van der Waals surface area contributed by atoms with Crippen molar-refractivity contribution in [2.24, 2.45) is 10.2 Å². The molecule has 0 spiro atoms. The third-order valence-corrected chi connectivity index (χ3v) is 2.60. The maximum absolute atomic E-state index is 5.79. The van der Waals surface area contributed by atoms with E-state index in [0.29, 0.717) is 5.02 Å². The number of hydrogen-bond acceptors (Lipinski definition) is 2. The molecule has 0 aliphatic rings. The van der Waals surface area contributed by atoms with Gasteiger partial charge in [0.05, 0.1) is 11.4 Å². The van der Waals surface area contributed by atoms with E-state index >= 15 is 0 Å². The van der Waals surface area contributed by atoms with Crippen molar-refractivity contribution in [2.75, 3.05) is 0 Å². The van der Waals surface area contributed by atoms with E-state index in [1.165, 1.54) is 0 Å². The van der Waals surface area contributed by atoms with Crippen LogP contribution in [-0.2, 0) is 6.54 Å². The highest BCUT2D eigenvalue weighted by Crippen LogP contribution is 2.19. The first-order valence-corrected chi connectivity index (χ1v) is 5.82. The summed E-state index contributed by atoms with van der Waals surface area (Å²) < 4.78 is 2.07. The Kier molecular flexibility index (Phi) is 3.83. The first-order chi connectivity index (χ1) is 8.28. The molecule has 0 fully saturated rings. The van der Waals surface area contributed by atoms with Crippen molar-refractivity contribution in [1.82, 2.24) is 0 Å². The molecule has 3 nitrogen and oxygen atoms in total. The summed E-state index contributed by atoms with van der Waals surface area (Å²) in [5.74, 6) is 0. The maximum atomic E-state index is 5.79. The summed E-state index contributed by atoms with van der Waals surface area (Å²) >= 11 is 5.79. The molecule has 0 aliphatic heterocycles. The smallest absolute Gasteiger partial charge is 0.170 e. The van der Waals surface area contributed by atoms with Gasteiger partial charge in [-0.2, -0.15) is 10.2 Å². The predicted molar refractivity (Wildman–Crippen MR) is 67.9 cm³/mol. The summed E-state index contributed by atoms with van der Waals surface area (Å²) in [6.45, 7) is 3.05. The quantitative estimate of drug-likeness (QED) is 0.577. The van der Waals surface area contributed by atoms with Crippen molar-refractivity contribution in [1.29, 1.82) is 0 Å². The normalized spacial score (nSPS) is 10.9. The van der Waals surface area contributed by atoms with Crippen molar-refractivity contribution >= 4 is 23.0 Å². The summed E-state index contributed by atoms with van der Waals surface area (Å²) in [5, 5.41) is 8.98. The summed E-state index contributed by atoms with van der Waals surface area (Å²) in [4.78, 5) is 0. The van der Waals surface area contributed by atoms with Crippen molar-refractivity contribution in [3.8, 4) is 0 Å². The van der Waals surface area contributed by atoms with Gasteiger partial charge in [0.2, 0.25) is 0 Å². The first-order valence-electron chi connectivity index (χ1n) is 5.44. The van der Waals surface area contributed by atoms with E-state index in [-0.39, 0.29) is 0 Å². The van der Waals surface area contributed by atoms with Gasteiger partial charge in [-0.25, -0.2) is 4.57 Å². The second-order valence-corrected chi connectivity index (χ2v) is 4.00. The standard InChI is InChI=1S/C13H13ClN3/c1-2-17-9-7-13(8-10-17)16-15-12-5-3-11(14)4-6-12/h3-10H,2H2,1H3/q+1. The van der Waals surface area contributed by atoms with Gasteiger partial charge >= 0.3 is 0 Å². The predicted octanol–water partition coefficient (Wildman–Crippen LogP) is 4.06. The molecule has 0 unspecified atom stereocenters. The van der Waals surface area contributed by atoms with Gasteiger partial charge in [-0.15, -0.1) is 0 Å². The summed E-state index contributed by atoms with van der Waals surface area (Å²) in [5.41, 5.74) is 1.63. The summed E-state index contributed by atoms with van der Waals surface area (Å²) in [7, 11) is 0. The van der Waals surface area contributed by atoms with E-state index in [0.717, 1.165) is 17.9 Å². The third kappa shape index (κ3) is 3.36. The lowest BCUT2D eigenvalue weighted by molar-refractivity contribution is -0.693. The SMILES string of the molecule is CC[n+]1ccc(N=Nc2ccc(Cl)cc2)cc1. The Labute approximate surface area is 105 Å². The molecule has 1 aromatic carbocycles. The lowest BCUT2D eigenvalue weighted by atomic mass is 10.3. The van der Waals surface area contributed by atoms with Gasteiger partial charge in [-0.05, 0) is 31.2 Å². The van der Waals surface area contributed by atoms with E-state index in [4.69, 9.17) is 11.6 Å². The Balaban J connectivity index is 2.11. The number of benzene rings is 1. The molecule has 0 saturated heterocycles. The highest BCUT2D eigenvalue weighted by atomic mass is 35.5. The molecule has 1 heterocycles. The molecule has 0 radical (unpaired) electrons. The highest BCUT2D eigenvalue weighted by molar-refractivity contribution is 6.30. The number of rotatable bonds is 3. The first kappa shape index (κ1) is 11.7. The summed E-state index contributed by atoms with van der Waals surface area (Å²) in [6.07, 6.45) is 3.96. The lowest BCUT2D eigenvalue weighted by Crippen LogP contribution is -2.30. The number of nitrogens with zero attached hydrogens (tertiary/aromatic N) is 3. The van der Waals surface area contributed by atoms with Crippen LogP contribution in [0.4, 0.5) is 11.4 Å². The lowest BCUT2D eigenvalue weighted by Gasteiger charge is -1.93. The van der Waals surface area contributed by atoms with Crippen molar-refractivity contribution in [2.45, 2.75) is 13.5 Å². The highest BCUT2D eigenvalue weighted by Gasteiger charge is 1.96. The van der Waals surface area contributed by atoms with E-state index in [2.05, 4.69) is 21.7 Å². The molecule has 0 N–H and O–H groups in total. The maximum Gasteiger partial charge on any atom is 0.170 e. The van der Waals surface area contributed by atoms with Gasteiger partial charge in [0.1, 0.15) is 6.54 Å². The molecule has 0 atom stereocenters. The van der Waals surface area contributed by atoms with Crippen LogP contribution in [-0.4, -0.2) is 0 Å². The Bertz CT molecular complexity index is 503. The second kappa shape index (κ2) is 5.55. The number of pyridine rings is 1. The van der Waals surface area contributed by atoms with Crippen LogP contribution in [0.3, 0.4) is 0 Å². The Morgan fingerprint density at radius 1 is 0.941 bits per heavy atom. The molecule has 4 heteroatoms. The molecule has 1 aromatic heterocycles. The molecule has 86 valence electrons. The molecule has 2 aromatic rings. The van der Waals surface area contributed by atoms with E-state index < -0.39 is 0 Å². The van der Waals surface area contributed by atoms with Gasteiger partial charge < -0.3 is 0 Å². The van der Waals surface area contributed by atoms with Gasteiger partial charge in [-0.3, -0.25) is 0 Å². The van der Waals surface area contributed by atoms with Crippen LogP contribution in [0.1, 0.15) is 6.92 Å². The minimum absolute atomic E-state index is 0.702. The minimum atomic E-state index is 0.702. The fourth-order valence-electron chi connectivity index (χ4n) is 1.35. The average molecular weight is 247 g/mol. The van der Waals surface area contributed by atoms with Crippen molar-refractivity contribution in [3.05, 3.63) is 53.8 Å². The van der Waals surface area contributed by atoms with Crippen molar-refractivity contribution in [3.63, 3.8) is 0 Å². The minimum Gasteiger partial charge on any atom is -0.205 e. The number of azo groups is 1. The Morgan fingerprint density at radius 3 is 2.00 bits per heavy atom. The second-order valence-electron chi connectivity index (χ2n) is 3.56. The van der Waals surface area contributed by atoms with Gasteiger partial charge in [-0.1, -0.05) is 11.6 Å². The van der Waals surface area contributed by atoms with Crippen LogP contribution in [0.2, 0.25) is 5.02 Å². The molecule has 0 bridgehead atoms. The average Bonchev–Trinajstić information content (AvgIpc) is 2.39. The molecular weight excluding hydrogens is 234 g/mol. The topological polar surface area (TPSA) is 28.6 Å². The van der Waals surface area contributed by atoms with E-state index in [1.54, 1.807) is 12.1 Å². The van der Waals surface area contributed by atoms with Crippen LogP contribution < -0.4 is 4.57 Å². The van der Waals surface area contributed by atoms with Gasteiger partial charge in [0.25, 0.3) is 0 Å². The zero-order valence-electron chi connectivity index (χ0n) is 9.55. The van der Waals surface area contributed by atoms with Gasteiger partial charge in [0.15, 0.2) is 12.4 Å². The molecule has 0 amide bonds. The third-order valence-electron chi connectivity index (χ3n) is 2.35. The van der Waals surface area contributed by atoms with Crippen molar-refractivity contribution < 1.29 is 4.57 Å². The van der Waals surface area contributed by atoms with Crippen LogP contribution in [0, 0.1) is 0 Å². The zero-order chi connectivity index (χ0) is 12.1.